The standard InChI is InChI=1S/C8H21N3O/c1-8(7-12-2)11(5-3-9)6-4-10/h8H,3-7,9-10H2,1-2H3. The van der Waals surface area contributed by atoms with Crippen molar-refractivity contribution < 1.29 is 4.74 Å². The topological polar surface area (TPSA) is 64.5 Å². The van der Waals surface area contributed by atoms with Gasteiger partial charge in [0, 0.05) is 39.3 Å². The molecule has 0 spiro atoms. The van der Waals surface area contributed by atoms with Crippen molar-refractivity contribution in [3.05, 3.63) is 0 Å². The first kappa shape index (κ1) is 11.8. The van der Waals surface area contributed by atoms with Gasteiger partial charge in [-0.15, -0.1) is 0 Å². The molecule has 4 heteroatoms. The van der Waals surface area contributed by atoms with Gasteiger partial charge in [-0.3, -0.25) is 4.90 Å². The van der Waals surface area contributed by atoms with E-state index in [2.05, 4.69) is 11.8 Å². The highest BCUT2D eigenvalue weighted by Gasteiger charge is 2.10. The Morgan fingerprint density at radius 1 is 1.25 bits per heavy atom. The van der Waals surface area contributed by atoms with Crippen molar-refractivity contribution >= 4 is 0 Å². The molecule has 0 bridgehead atoms. The van der Waals surface area contributed by atoms with Crippen LogP contribution < -0.4 is 11.5 Å². The molecule has 1 unspecified atom stereocenters. The summed E-state index contributed by atoms with van der Waals surface area (Å²) in [5.74, 6) is 0. The van der Waals surface area contributed by atoms with Crippen LogP contribution in [0.5, 0.6) is 0 Å². The third kappa shape index (κ3) is 4.66. The Bertz CT molecular complexity index is 94.3. The normalized spacial score (nSPS) is 13.8. The highest BCUT2D eigenvalue weighted by molar-refractivity contribution is 4.67. The van der Waals surface area contributed by atoms with E-state index in [9.17, 15) is 0 Å². The Morgan fingerprint density at radius 2 is 1.75 bits per heavy atom. The predicted molar refractivity (Wildman–Crippen MR) is 51.0 cm³/mol. The molecule has 74 valence electrons. The first-order valence-electron chi connectivity index (χ1n) is 4.39. The molecular weight excluding hydrogens is 154 g/mol. The molecule has 0 aliphatic heterocycles. The Labute approximate surface area is 74.8 Å². The third-order valence-electron chi connectivity index (χ3n) is 1.86. The molecule has 0 heterocycles. The van der Waals surface area contributed by atoms with E-state index in [-0.39, 0.29) is 0 Å². The average Bonchev–Trinajstić information content (AvgIpc) is 2.04. The highest BCUT2D eigenvalue weighted by Crippen LogP contribution is 1.97. The molecule has 0 aromatic carbocycles. The number of nitrogens with zero attached hydrogens (tertiary/aromatic N) is 1. The van der Waals surface area contributed by atoms with E-state index in [1.165, 1.54) is 0 Å². The molecule has 0 amide bonds. The molecule has 0 aliphatic carbocycles. The van der Waals surface area contributed by atoms with Crippen molar-refractivity contribution in [1.29, 1.82) is 0 Å². The largest absolute Gasteiger partial charge is 0.383 e. The van der Waals surface area contributed by atoms with E-state index in [4.69, 9.17) is 16.2 Å². The van der Waals surface area contributed by atoms with Gasteiger partial charge in [0.1, 0.15) is 0 Å². The summed E-state index contributed by atoms with van der Waals surface area (Å²) in [6.45, 7) is 5.99. The van der Waals surface area contributed by atoms with Crippen LogP contribution in [0.1, 0.15) is 6.92 Å². The van der Waals surface area contributed by atoms with Crippen molar-refractivity contribution in [2.45, 2.75) is 13.0 Å². The molecule has 0 saturated heterocycles. The lowest BCUT2D eigenvalue weighted by Crippen LogP contribution is -2.42. The number of nitrogens with two attached hydrogens (primary N) is 2. The Morgan fingerprint density at radius 3 is 2.08 bits per heavy atom. The number of methoxy groups -OCH3 is 1. The highest BCUT2D eigenvalue weighted by atomic mass is 16.5. The summed E-state index contributed by atoms with van der Waals surface area (Å²) < 4.78 is 5.05. The lowest BCUT2D eigenvalue weighted by molar-refractivity contribution is 0.103. The van der Waals surface area contributed by atoms with Gasteiger partial charge in [-0.2, -0.15) is 0 Å². The van der Waals surface area contributed by atoms with Crippen LogP contribution in [0.3, 0.4) is 0 Å². The first-order valence-corrected chi connectivity index (χ1v) is 4.39. The van der Waals surface area contributed by atoms with Crippen LogP contribution >= 0.6 is 0 Å². The predicted octanol–water partition coefficient (Wildman–Crippen LogP) is -0.759. The van der Waals surface area contributed by atoms with Crippen molar-refractivity contribution in [3.8, 4) is 0 Å². The van der Waals surface area contributed by atoms with E-state index < -0.39 is 0 Å². The zero-order valence-corrected chi connectivity index (χ0v) is 8.12. The minimum Gasteiger partial charge on any atom is -0.383 e. The fourth-order valence-electron chi connectivity index (χ4n) is 1.23. The molecule has 0 radical (unpaired) electrons. The number of hydrogen-bond donors (Lipinski definition) is 2. The molecule has 0 aromatic heterocycles. The van der Waals surface area contributed by atoms with Gasteiger partial charge in [0.05, 0.1) is 6.61 Å². The van der Waals surface area contributed by atoms with E-state index in [1.54, 1.807) is 7.11 Å². The van der Waals surface area contributed by atoms with Crippen molar-refractivity contribution in [3.63, 3.8) is 0 Å². The second kappa shape index (κ2) is 7.49. The van der Waals surface area contributed by atoms with Crippen LogP contribution in [0.2, 0.25) is 0 Å². The Kier molecular flexibility index (Phi) is 7.39. The van der Waals surface area contributed by atoms with Crippen LogP contribution in [-0.2, 0) is 4.74 Å². The average molecular weight is 175 g/mol. The third-order valence-corrected chi connectivity index (χ3v) is 1.86. The van der Waals surface area contributed by atoms with Gasteiger partial charge >= 0.3 is 0 Å². The van der Waals surface area contributed by atoms with Crippen molar-refractivity contribution in [2.24, 2.45) is 11.5 Å². The van der Waals surface area contributed by atoms with Crippen LogP contribution in [0.15, 0.2) is 0 Å². The van der Waals surface area contributed by atoms with Gasteiger partial charge in [0.15, 0.2) is 0 Å². The molecule has 0 aromatic rings. The summed E-state index contributed by atoms with van der Waals surface area (Å²) in [4.78, 5) is 2.24. The van der Waals surface area contributed by atoms with Gasteiger partial charge in [0.2, 0.25) is 0 Å². The maximum atomic E-state index is 5.47. The van der Waals surface area contributed by atoms with Crippen LogP contribution in [-0.4, -0.2) is 50.8 Å². The zero-order valence-electron chi connectivity index (χ0n) is 8.12. The smallest absolute Gasteiger partial charge is 0.0615 e. The van der Waals surface area contributed by atoms with E-state index in [1.807, 2.05) is 0 Å². The summed E-state index contributed by atoms with van der Waals surface area (Å²) in [7, 11) is 1.71. The fourth-order valence-corrected chi connectivity index (χ4v) is 1.23. The number of rotatable bonds is 7. The summed E-state index contributed by atoms with van der Waals surface area (Å²) in [6, 6.07) is 0.405. The molecule has 4 N–H and O–H groups in total. The van der Waals surface area contributed by atoms with E-state index in [0.29, 0.717) is 19.1 Å². The zero-order chi connectivity index (χ0) is 9.40. The molecular formula is C8H21N3O. The molecule has 1 atom stereocenters. The van der Waals surface area contributed by atoms with Gasteiger partial charge < -0.3 is 16.2 Å². The first-order chi connectivity index (χ1) is 5.76. The van der Waals surface area contributed by atoms with Crippen molar-refractivity contribution in [1.82, 2.24) is 4.90 Å². The summed E-state index contributed by atoms with van der Waals surface area (Å²) in [6.07, 6.45) is 0. The lowest BCUT2D eigenvalue weighted by atomic mass is 10.3. The van der Waals surface area contributed by atoms with Crippen molar-refractivity contribution in [2.75, 3.05) is 39.9 Å². The van der Waals surface area contributed by atoms with E-state index in [0.717, 1.165) is 19.7 Å². The monoisotopic (exact) mass is 175 g/mol. The summed E-state index contributed by atoms with van der Waals surface area (Å²) in [5.41, 5.74) is 10.9. The van der Waals surface area contributed by atoms with Gasteiger partial charge in [-0.25, -0.2) is 0 Å². The number of ether oxygens (including phenoxy) is 1. The second-order valence-electron chi connectivity index (χ2n) is 2.92. The minimum atomic E-state index is 0.405. The quantitative estimate of drug-likeness (QED) is 0.534. The fraction of sp³-hybridized carbons (Fsp3) is 1.00. The molecule has 0 rings (SSSR count). The molecule has 0 saturated carbocycles. The van der Waals surface area contributed by atoms with Gasteiger partial charge in [-0.1, -0.05) is 0 Å². The Balaban J connectivity index is 3.72. The van der Waals surface area contributed by atoms with Gasteiger partial charge in [0.25, 0.3) is 0 Å². The van der Waals surface area contributed by atoms with Gasteiger partial charge in [-0.05, 0) is 6.92 Å². The maximum absolute atomic E-state index is 5.47. The lowest BCUT2D eigenvalue weighted by Gasteiger charge is -2.27. The number of hydrogen-bond acceptors (Lipinski definition) is 4. The molecule has 4 nitrogen and oxygen atoms in total. The summed E-state index contributed by atoms with van der Waals surface area (Å²) in [5, 5.41) is 0. The summed E-state index contributed by atoms with van der Waals surface area (Å²) >= 11 is 0. The Hall–Kier alpha value is -0.160. The SMILES string of the molecule is COCC(C)N(CCN)CCN. The van der Waals surface area contributed by atoms with Crippen LogP contribution in [0.25, 0.3) is 0 Å². The van der Waals surface area contributed by atoms with Crippen LogP contribution in [0.4, 0.5) is 0 Å². The minimum absolute atomic E-state index is 0.405. The van der Waals surface area contributed by atoms with E-state index >= 15 is 0 Å². The van der Waals surface area contributed by atoms with Crippen LogP contribution in [0, 0.1) is 0 Å². The molecule has 0 aliphatic rings. The molecule has 12 heavy (non-hydrogen) atoms. The molecule has 0 fully saturated rings. The maximum Gasteiger partial charge on any atom is 0.0615 e. The second-order valence-corrected chi connectivity index (χ2v) is 2.92.